The molecule has 0 bridgehead atoms. The Bertz CT molecular complexity index is 1590. The van der Waals surface area contributed by atoms with Gasteiger partial charge in [-0.05, 0) is 23.6 Å². The highest BCUT2D eigenvalue weighted by Gasteiger charge is 2.60. The van der Waals surface area contributed by atoms with Crippen LogP contribution in [0.2, 0.25) is 0 Å². The summed E-state index contributed by atoms with van der Waals surface area (Å²) in [6, 6.07) is 19.5. The summed E-state index contributed by atoms with van der Waals surface area (Å²) >= 11 is 2.90. The molecule has 42 heavy (non-hydrogen) atoms. The van der Waals surface area contributed by atoms with Crippen LogP contribution in [0.25, 0.3) is 0 Å². The van der Waals surface area contributed by atoms with Crippen molar-refractivity contribution in [2.75, 3.05) is 7.11 Å². The number of hydrogen-bond donors (Lipinski definition) is 0. The number of ketones is 1. The van der Waals surface area contributed by atoms with E-state index in [4.69, 9.17) is 9.47 Å². The lowest BCUT2D eigenvalue weighted by molar-refractivity contribution is -0.160. The molecule has 2 aliphatic heterocycles. The molecule has 11 heteroatoms. The van der Waals surface area contributed by atoms with Gasteiger partial charge < -0.3 is 9.47 Å². The molecule has 9 nitrogen and oxygen atoms in total. The van der Waals surface area contributed by atoms with E-state index in [1.165, 1.54) is 35.3 Å². The van der Waals surface area contributed by atoms with Gasteiger partial charge in [0, 0.05) is 26.0 Å². The van der Waals surface area contributed by atoms with E-state index in [0.717, 1.165) is 16.7 Å². The summed E-state index contributed by atoms with van der Waals surface area (Å²) in [5.41, 5.74) is 1.75. The molecule has 0 spiro atoms. The summed E-state index contributed by atoms with van der Waals surface area (Å²) in [5.74, 6) is -0.451. The third-order valence-corrected chi connectivity index (χ3v) is 10.7. The van der Waals surface area contributed by atoms with Crippen LogP contribution in [0, 0.1) is 5.41 Å². The number of hydrogen-bond acceptors (Lipinski definition) is 9. The second-order valence-electron chi connectivity index (χ2n) is 11.3. The van der Waals surface area contributed by atoms with Gasteiger partial charge in [-0.15, -0.1) is 16.9 Å². The Kier molecular flexibility index (Phi) is 8.37. The number of amides is 1. The van der Waals surface area contributed by atoms with Gasteiger partial charge in [-0.2, -0.15) is 4.98 Å². The van der Waals surface area contributed by atoms with E-state index in [0.29, 0.717) is 17.3 Å². The summed E-state index contributed by atoms with van der Waals surface area (Å²) in [6.45, 7) is 7.63. The minimum atomic E-state index is -0.804. The van der Waals surface area contributed by atoms with Crippen LogP contribution >= 0.6 is 23.5 Å². The topological polar surface area (TPSA) is 104 Å². The predicted octanol–water partition coefficient (Wildman–Crippen LogP) is 4.60. The average Bonchev–Trinajstić information content (AvgIpc) is 2.96. The number of carbonyl (C=O) groups excluding carboxylic acids is 2. The Morgan fingerprint density at radius 3 is 2.26 bits per heavy atom. The normalized spacial score (nSPS) is 22.0. The first kappa shape index (κ1) is 30.1. The Balaban J connectivity index is 1.59. The maximum atomic E-state index is 13.9. The van der Waals surface area contributed by atoms with E-state index in [1.807, 2.05) is 88.4 Å². The van der Waals surface area contributed by atoms with Gasteiger partial charge in [0.2, 0.25) is 0 Å². The first-order chi connectivity index (χ1) is 19.9. The lowest BCUT2D eigenvalue weighted by Crippen LogP contribution is -2.68. The number of rotatable bonds is 9. The summed E-state index contributed by atoms with van der Waals surface area (Å²) in [6.07, 6.45) is -0.183. The van der Waals surface area contributed by atoms with Crippen LogP contribution < -0.4 is 10.3 Å². The molecule has 2 aromatic carbocycles. The number of ether oxygens (including phenoxy) is 2. The predicted molar refractivity (Wildman–Crippen MR) is 163 cm³/mol. The Morgan fingerprint density at radius 2 is 1.67 bits per heavy atom. The molecule has 0 saturated carbocycles. The molecular weight excluding hydrogens is 572 g/mol. The SMILES string of the molecule is CO[C@H]1C(=O)N2C(C(=O)C(C)(C)C)=C(C)C(Cc3ccccc3)(Sc3nc(=O)c(OCc4ccccc4)nn3C)S[C@@H]12. The van der Waals surface area contributed by atoms with Crippen LogP contribution in [0.4, 0.5) is 0 Å². The van der Waals surface area contributed by atoms with Crippen LogP contribution in [0.3, 0.4) is 0 Å². The van der Waals surface area contributed by atoms with Gasteiger partial charge in [0.25, 0.3) is 5.91 Å². The Labute approximate surface area is 253 Å². The van der Waals surface area contributed by atoms with Gasteiger partial charge >= 0.3 is 11.4 Å². The quantitative estimate of drug-likeness (QED) is 0.323. The fourth-order valence-electron chi connectivity index (χ4n) is 4.94. The number of fused-ring (bicyclic) bond motifs is 1. The number of β-lactam (4-membered cyclic amide) rings is 1. The second-order valence-corrected chi connectivity index (χ2v) is 14.3. The van der Waals surface area contributed by atoms with Gasteiger partial charge in [-0.25, -0.2) is 4.68 Å². The van der Waals surface area contributed by atoms with Crippen molar-refractivity contribution < 1.29 is 19.1 Å². The average molecular weight is 607 g/mol. The van der Waals surface area contributed by atoms with E-state index < -0.39 is 26.5 Å². The third kappa shape index (κ3) is 5.65. The number of thioether (sulfide) groups is 2. The minimum absolute atomic E-state index is 0.0924. The molecule has 1 saturated heterocycles. The molecule has 1 unspecified atom stereocenters. The zero-order valence-corrected chi connectivity index (χ0v) is 26.1. The Hall–Kier alpha value is -3.41. The number of methoxy groups -OCH3 is 1. The number of allylic oxidation sites excluding steroid dienone is 1. The highest BCUT2D eigenvalue weighted by molar-refractivity contribution is 8.18. The van der Waals surface area contributed by atoms with Gasteiger partial charge in [-0.3, -0.25) is 19.3 Å². The fourth-order valence-corrected chi connectivity index (χ4v) is 8.32. The molecule has 0 aliphatic carbocycles. The van der Waals surface area contributed by atoms with E-state index in [2.05, 4.69) is 10.1 Å². The van der Waals surface area contributed by atoms with Crippen molar-refractivity contribution in [1.29, 1.82) is 0 Å². The summed E-state index contributed by atoms with van der Waals surface area (Å²) in [5, 5.41) is 4.37. The van der Waals surface area contributed by atoms with Crippen LogP contribution in [0.1, 0.15) is 38.8 Å². The van der Waals surface area contributed by atoms with Crippen molar-refractivity contribution in [3.8, 4) is 5.88 Å². The highest BCUT2D eigenvalue weighted by Crippen LogP contribution is 2.59. The summed E-state index contributed by atoms with van der Waals surface area (Å²) in [7, 11) is 3.22. The zero-order valence-electron chi connectivity index (χ0n) is 24.5. The summed E-state index contributed by atoms with van der Waals surface area (Å²) in [4.78, 5) is 46.1. The molecule has 0 N–H and O–H groups in total. The first-order valence-corrected chi connectivity index (χ1v) is 15.3. The molecular formula is C31H34N4O5S2. The van der Waals surface area contributed by atoms with Gasteiger partial charge in [0.15, 0.2) is 17.0 Å². The van der Waals surface area contributed by atoms with Crippen LogP contribution in [-0.2, 0) is 34.4 Å². The lowest BCUT2D eigenvalue weighted by atomic mass is 9.84. The van der Waals surface area contributed by atoms with Crippen LogP contribution in [0.5, 0.6) is 5.88 Å². The van der Waals surface area contributed by atoms with Crippen LogP contribution in [-0.4, -0.2) is 54.0 Å². The highest BCUT2D eigenvalue weighted by atomic mass is 32.2. The molecule has 5 rings (SSSR count). The monoisotopic (exact) mass is 606 g/mol. The van der Waals surface area contributed by atoms with E-state index in [1.54, 1.807) is 11.9 Å². The van der Waals surface area contributed by atoms with Gasteiger partial charge in [0.1, 0.15) is 12.0 Å². The molecule has 1 aromatic heterocycles. The molecule has 1 fully saturated rings. The standard InChI is InChI=1S/C31H34N4O5S2/c1-19-22(24(36)30(2,3)4)35-27(38)23(39-6)28(35)41-31(19,17-20-13-9-7-10-14-20)42-29-32-25(37)26(33-34(29)5)40-18-21-15-11-8-12-16-21/h7-16,23,28H,17-18H2,1-6H3/t23-,28-,31?/m0/s1. The minimum Gasteiger partial charge on any atom is -0.468 e. The fraction of sp³-hybridized carbons (Fsp3) is 0.387. The molecule has 3 atom stereocenters. The summed E-state index contributed by atoms with van der Waals surface area (Å²) < 4.78 is 12.0. The van der Waals surface area contributed by atoms with Gasteiger partial charge in [0.05, 0.1) is 9.78 Å². The number of carbonyl (C=O) groups is 2. The maximum Gasteiger partial charge on any atom is 0.336 e. The maximum absolute atomic E-state index is 13.9. The number of Topliss-reactive ketones (excluding diaryl/α,β-unsaturated/α-hetero) is 1. The second kappa shape index (κ2) is 11.7. The van der Waals surface area contributed by atoms with E-state index >= 15 is 0 Å². The number of aryl methyl sites for hydroxylation is 1. The molecule has 1 amide bonds. The van der Waals surface area contributed by atoms with Crippen molar-refractivity contribution >= 4 is 35.2 Å². The molecule has 3 heterocycles. The van der Waals surface area contributed by atoms with Crippen molar-refractivity contribution in [2.45, 2.75) is 61.4 Å². The molecule has 220 valence electrons. The van der Waals surface area contributed by atoms with Crippen molar-refractivity contribution in [1.82, 2.24) is 19.7 Å². The third-order valence-electron chi connectivity index (χ3n) is 7.28. The Morgan fingerprint density at radius 1 is 1.05 bits per heavy atom. The van der Waals surface area contributed by atoms with E-state index in [-0.39, 0.29) is 24.2 Å². The molecule has 0 radical (unpaired) electrons. The van der Waals surface area contributed by atoms with Crippen molar-refractivity contribution in [2.24, 2.45) is 12.5 Å². The first-order valence-electron chi connectivity index (χ1n) is 13.6. The van der Waals surface area contributed by atoms with Crippen molar-refractivity contribution in [3.05, 3.63) is 93.4 Å². The lowest BCUT2D eigenvalue weighted by Gasteiger charge is -2.55. The molecule has 3 aromatic rings. The van der Waals surface area contributed by atoms with Crippen molar-refractivity contribution in [3.63, 3.8) is 0 Å². The largest absolute Gasteiger partial charge is 0.468 e. The van der Waals surface area contributed by atoms with Gasteiger partial charge in [-0.1, -0.05) is 93.2 Å². The number of aromatic nitrogens is 3. The number of benzene rings is 2. The smallest absolute Gasteiger partial charge is 0.336 e. The van der Waals surface area contributed by atoms with Crippen LogP contribution in [0.15, 0.2) is 81.9 Å². The molecule has 2 aliphatic rings. The zero-order chi connectivity index (χ0) is 30.2. The van der Waals surface area contributed by atoms with E-state index in [9.17, 15) is 14.4 Å². The number of nitrogens with zero attached hydrogens (tertiary/aromatic N) is 4.